The van der Waals surface area contributed by atoms with Crippen molar-refractivity contribution < 1.29 is 9.13 Å². The minimum absolute atomic E-state index is 0.0900. The van der Waals surface area contributed by atoms with Crippen LogP contribution < -0.4 is 5.73 Å². The largest absolute Gasteiger partial charge is 0.330 e. The van der Waals surface area contributed by atoms with Gasteiger partial charge in [-0.25, -0.2) is 0 Å². The Labute approximate surface area is 96.3 Å². The highest BCUT2D eigenvalue weighted by molar-refractivity contribution is 7.85. The Morgan fingerprint density at radius 3 is 2.62 bits per heavy atom. The summed E-state index contributed by atoms with van der Waals surface area (Å²) in [5.41, 5.74) is 5.99. The van der Waals surface area contributed by atoms with E-state index in [1.807, 2.05) is 0 Å². The molecule has 1 aromatic carbocycles. The fourth-order valence-electron chi connectivity index (χ4n) is 1.36. The van der Waals surface area contributed by atoms with E-state index in [1.165, 1.54) is 6.07 Å². The lowest BCUT2D eigenvalue weighted by Crippen LogP contribution is -2.14. The second-order valence-corrected chi connectivity index (χ2v) is 4.97. The van der Waals surface area contributed by atoms with Gasteiger partial charge in [-0.2, -0.15) is 0 Å². The molecule has 0 aliphatic carbocycles. The third kappa shape index (κ3) is 3.71. The molecular weight excluding hydrogens is 228 g/mol. The zero-order valence-corrected chi connectivity index (χ0v) is 9.61. The zero-order chi connectivity index (χ0) is 12.0. The highest BCUT2D eigenvalue weighted by atomic mass is 32.2. The molecule has 0 saturated carbocycles. The van der Waals surface area contributed by atoms with Gasteiger partial charge in [0.05, 0.1) is 4.92 Å². The number of aryl methyl sites for hydroxylation is 1. The molecule has 1 unspecified atom stereocenters. The fourth-order valence-corrected chi connectivity index (χ4v) is 2.27. The van der Waals surface area contributed by atoms with Crippen molar-refractivity contribution in [1.29, 1.82) is 0 Å². The highest BCUT2D eigenvalue weighted by Crippen LogP contribution is 2.18. The van der Waals surface area contributed by atoms with Gasteiger partial charge in [0.15, 0.2) is 0 Å². The molecule has 0 saturated heterocycles. The Hall–Kier alpha value is -1.27. The van der Waals surface area contributed by atoms with Crippen molar-refractivity contribution in [3.05, 3.63) is 39.9 Å². The molecule has 0 aromatic heterocycles. The molecule has 5 nitrogen and oxygen atoms in total. The van der Waals surface area contributed by atoms with Crippen molar-refractivity contribution in [3.8, 4) is 0 Å². The number of benzene rings is 1. The van der Waals surface area contributed by atoms with Gasteiger partial charge >= 0.3 is 0 Å². The van der Waals surface area contributed by atoms with Gasteiger partial charge in [-0.1, -0.05) is 18.2 Å². The summed E-state index contributed by atoms with van der Waals surface area (Å²) in [6.07, 6.45) is 0.448. The van der Waals surface area contributed by atoms with Crippen LogP contribution in [0.1, 0.15) is 5.56 Å². The van der Waals surface area contributed by atoms with Crippen LogP contribution in [0.2, 0.25) is 0 Å². The van der Waals surface area contributed by atoms with Gasteiger partial charge in [-0.15, -0.1) is 0 Å². The van der Waals surface area contributed by atoms with E-state index in [-0.39, 0.29) is 5.69 Å². The Morgan fingerprint density at radius 2 is 2.00 bits per heavy atom. The topological polar surface area (TPSA) is 86.2 Å². The molecule has 0 radical (unpaired) electrons. The van der Waals surface area contributed by atoms with E-state index in [1.54, 1.807) is 18.2 Å². The van der Waals surface area contributed by atoms with Crippen molar-refractivity contribution in [1.82, 2.24) is 0 Å². The van der Waals surface area contributed by atoms with Gasteiger partial charge in [-0.3, -0.25) is 14.3 Å². The SMILES string of the molecule is NCCS(=O)CCc1ccccc1[N+](=O)[O-]. The van der Waals surface area contributed by atoms with Crippen molar-refractivity contribution >= 4 is 16.5 Å². The molecule has 1 atom stereocenters. The summed E-state index contributed by atoms with van der Waals surface area (Å²) < 4.78 is 11.4. The smallest absolute Gasteiger partial charge is 0.272 e. The first-order chi connectivity index (χ1) is 7.65. The van der Waals surface area contributed by atoms with Crippen molar-refractivity contribution in [2.45, 2.75) is 6.42 Å². The predicted octanol–water partition coefficient (Wildman–Crippen LogP) is 0.845. The monoisotopic (exact) mass is 242 g/mol. The van der Waals surface area contributed by atoms with E-state index in [0.717, 1.165) is 0 Å². The van der Waals surface area contributed by atoms with Crippen LogP contribution >= 0.6 is 0 Å². The minimum atomic E-state index is -0.990. The Morgan fingerprint density at radius 1 is 1.31 bits per heavy atom. The van der Waals surface area contributed by atoms with Crippen LogP contribution in [0.25, 0.3) is 0 Å². The van der Waals surface area contributed by atoms with Gasteiger partial charge in [0.2, 0.25) is 0 Å². The van der Waals surface area contributed by atoms with E-state index in [0.29, 0.717) is 30.0 Å². The number of nitrogens with two attached hydrogens (primary N) is 1. The number of para-hydroxylation sites is 1. The van der Waals surface area contributed by atoms with Crippen LogP contribution in [0.3, 0.4) is 0 Å². The van der Waals surface area contributed by atoms with Gasteiger partial charge in [0.1, 0.15) is 0 Å². The highest BCUT2D eigenvalue weighted by Gasteiger charge is 2.12. The second kappa shape index (κ2) is 6.34. The summed E-state index contributed by atoms with van der Waals surface area (Å²) in [4.78, 5) is 10.3. The van der Waals surface area contributed by atoms with Crippen molar-refractivity contribution in [3.63, 3.8) is 0 Å². The van der Waals surface area contributed by atoms with E-state index in [2.05, 4.69) is 0 Å². The molecule has 16 heavy (non-hydrogen) atoms. The Balaban J connectivity index is 2.66. The summed E-state index contributed by atoms with van der Waals surface area (Å²) in [5.74, 6) is 0.864. The molecule has 0 spiro atoms. The van der Waals surface area contributed by atoms with Gasteiger partial charge in [0.25, 0.3) is 5.69 Å². The molecule has 2 N–H and O–H groups in total. The fraction of sp³-hybridized carbons (Fsp3) is 0.400. The number of rotatable bonds is 6. The summed E-state index contributed by atoms with van der Waals surface area (Å²) >= 11 is 0. The molecule has 0 heterocycles. The van der Waals surface area contributed by atoms with Crippen molar-refractivity contribution in [2.75, 3.05) is 18.1 Å². The van der Waals surface area contributed by atoms with Crippen LogP contribution in [0, 0.1) is 10.1 Å². The first-order valence-corrected chi connectivity index (χ1v) is 6.41. The molecule has 1 rings (SSSR count). The van der Waals surface area contributed by atoms with Crippen LogP contribution in [-0.2, 0) is 17.2 Å². The van der Waals surface area contributed by atoms with Crippen LogP contribution in [0.15, 0.2) is 24.3 Å². The maximum absolute atomic E-state index is 11.4. The van der Waals surface area contributed by atoms with E-state index < -0.39 is 15.7 Å². The maximum Gasteiger partial charge on any atom is 0.272 e. The second-order valence-electron chi connectivity index (χ2n) is 3.27. The molecule has 0 fully saturated rings. The summed E-state index contributed by atoms with van der Waals surface area (Å²) in [5, 5.41) is 10.7. The molecule has 1 aromatic rings. The van der Waals surface area contributed by atoms with E-state index in [4.69, 9.17) is 5.73 Å². The first kappa shape index (κ1) is 12.8. The lowest BCUT2D eigenvalue weighted by atomic mass is 10.1. The van der Waals surface area contributed by atoms with Gasteiger partial charge in [-0.05, 0) is 6.42 Å². The Kier molecular flexibility index (Phi) is 5.07. The number of nitro groups is 1. The minimum Gasteiger partial charge on any atom is -0.330 e. The third-order valence-electron chi connectivity index (χ3n) is 2.13. The molecule has 6 heteroatoms. The molecule has 0 aliphatic heterocycles. The average molecular weight is 242 g/mol. The average Bonchev–Trinajstić information content (AvgIpc) is 2.27. The normalized spacial score (nSPS) is 12.3. The standard InChI is InChI=1S/C10H14N2O3S/c11-6-8-16(15)7-5-9-3-1-2-4-10(9)12(13)14/h1-4H,5-8,11H2. The first-order valence-electron chi connectivity index (χ1n) is 4.92. The number of hydrogen-bond acceptors (Lipinski definition) is 4. The van der Waals surface area contributed by atoms with Crippen LogP contribution in [0.5, 0.6) is 0 Å². The Bertz CT molecular complexity index is 395. The third-order valence-corrected chi connectivity index (χ3v) is 3.48. The van der Waals surface area contributed by atoms with E-state index >= 15 is 0 Å². The number of nitro benzene ring substituents is 1. The predicted molar refractivity (Wildman–Crippen MR) is 63.7 cm³/mol. The molecular formula is C10H14N2O3S. The lowest BCUT2D eigenvalue weighted by Gasteiger charge is -2.02. The number of nitrogens with zero attached hydrogens (tertiary/aromatic N) is 1. The van der Waals surface area contributed by atoms with Crippen LogP contribution in [0.4, 0.5) is 5.69 Å². The maximum atomic E-state index is 11.4. The molecule has 0 aliphatic rings. The van der Waals surface area contributed by atoms with E-state index in [9.17, 15) is 14.3 Å². The van der Waals surface area contributed by atoms with Crippen LogP contribution in [-0.4, -0.2) is 27.2 Å². The summed E-state index contributed by atoms with van der Waals surface area (Å²) in [6.45, 7) is 0.378. The summed E-state index contributed by atoms with van der Waals surface area (Å²) in [6, 6.07) is 6.52. The zero-order valence-electron chi connectivity index (χ0n) is 8.80. The molecule has 0 amide bonds. The molecule has 88 valence electrons. The molecule has 0 bridgehead atoms. The van der Waals surface area contributed by atoms with Gasteiger partial charge < -0.3 is 5.73 Å². The van der Waals surface area contributed by atoms with Gasteiger partial charge in [0, 0.05) is 40.5 Å². The lowest BCUT2D eigenvalue weighted by molar-refractivity contribution is -0.385. The quantitative estimate of drug-likeness (QED) is 0.591. The van der Waals surface area contributed by atoms with Crippen molar-refractivity contribution in [2.24, 2.45) is 5.73 Å². The summed E-state index contributed by atoms with van der Waals surface area (Å²) in [7, 11) is -0.990. The number of hydrogen-bond donors (Lipinski definition) is 1.